The third-order valence-corrected chi connectivity index (χ3v) is 4.17. The normalized spacial score (nSPS) is 18.9. The summed E-state index contributed by atoms with van der Waals surface area (Å²) in [5.41, 5.74) is 6.68. The standard InChI is InChI=1S/C17H27N3O2/c1-19(13-16-9-5-6-11-20(16)12-10-18)17(21)22-14-15-7-3-2-4-8-15/h2-4,7-8,16H,5-6,9-14,18H2,1H3/t16-/m0/s1. The number of rotatable bonds is 6. The maximum atomic E-state index is 12.1. The van der Waals surface area contributed by atoms with Crippen molar-refractivity contribution in [3.05, 3.63) is 35.9 Å². The van der Waals surface area contributed by atoms with E-state index in [9.17, 15) is 4.79 Å². The maximum Gasteiger partial charge on any atom is 0.409 e. The number of carbonyl (C=O) groups excluding carboxylic acids is 1. The molecule has 0 aliphatic carbocycles. The third kappa shape index (κ3) is 5.00. The first-order chi connectivity index (χ1) is 10.7. The van der Waals surface area contributed by atoms with Gasteiger partial charge < -0.3 is 15.4 Å². The number of hydrogen-bond donors (Lipinski definition) is 1. The highest BCUT2D eigenvalue weighted by Gasteiger charge is 2.24. The lowest BCUT2D eigenvalue weighted by atomic mass is 10.0. The fourth-order valence-electron chi connectivity index (χ4n) is 2.95. The first-order valence-electron chi connectivity index (χ1n) is 8.06. The van der Waals surface area contributed by atoms with Crippen molar-refractivity contribution in [2.75, 3.05) is 33.2 Å². The van der Waals surface area contributed by atoms with Gasteiger partial charge in [-0.3, -0.25) is 4.90 Å². The number of likely N-dealkylation sites (N-methyl/N-ethyl adjacent to an activating group) is 1. The molecule has 0 saturated carbocycles. The van der Waals surface area contributed by atoms with Crippen molar-refractivity contribution in [1.29, 1.82) is 0 Å². The summed E-state index contributed by atoms with van der Waals surface area (Å²) in [5.74, 6) is 0. The molecule has 1 saturated heterocycles. The lowest BCUT2D eigenvalue weighted by Gasteiger charge is -2.37. The van der Waals surface area contributed by atoms with E-state index in [1.807, 2.05) is 37.4 Å². The van der Waals surface area contributed by atoms with Crippen LogP contribution in [0.2, 0.25) is 0 Å². The Morgan fingerprint density at radius 3 is 2.86 bits per heavy atom. The van der Waals surface area contributed by atoms with Crippen LogP contribution < -0.4 is 5.73 Å². The summed E-state index contributed by atoms with van der Waals surface area (Å²) in [6.45, 7) is 3.67. The molecule has 2 rings (SSSR count). The molecular weight excluding hydrogens is 278 g/mol. The van der Waals surface area contributed by atoms with E-state index >= 15 is 0 Å². The van der Waals surface area contributed by atoms with Crippen molar-refractivity contribution in [1.82, 2.24) is 9.80 Å². The number of nitrogens with zero attached hydrogens (tertiary/aromatic N) is 2. The topological polar surface area (TPSA) is 58.8 Å². The molecule has 1 aliphatic heterocycles. The van der Waals surface area contributed by atoms with Gasteiger partial charge in [-0.2, -0.15) is 0 Å². The SMILES string of the molecule is CN(C[C@@H]1CCCCN1CCN)C(=O)OCc1ccccc1. The number of ether oxygens (including phenoxy) is 1. The predicted molar refractivity (Wildman–Crippen MR) is 87.5 cm³/mol. The van der Waals surface area contributed by atoms with Gasteiger partial charge in [0.25, 0.3) is 0 Å². The summed E-state index contributed by atoms with van der Waals surface area (Å²) in [6.07, 6.45) is 3.30. The van der Waals surface area contributed by atoms with Gasteiger partial charge in [0, 0.05) is 32.7 Å². The molecule has 1 heterocycles. The highest BCUT2D eigenvalue weighted by Crippen LogP contribution is 2.17. The van der Waals surface area contributed by atoms with Crippen LogP contribution in [0.15, 0.2) is 30.3 Å². The second-order valence-corrected chi connectivity index (χ2v) is 5.89. The zero-order valence-electron chi connectivity index (χ0n) is 13.4. The first-order valence-corrected chi connectivity index (χ1v) is 8.06. The van der Waals surface area contributed by atoms with Crippen LogP contribution in [0, 0.1) is 0 Å². The summed E-state index contributed by atoms with van der Waals surface area (Å²) in [7, 11) is 1.81. The van der Waals surface area contributed by atoms with Crippen LogP contribution in [0.3, 0.4) is 0 Å². The lowest BCUT2D eigenvalue weighted by Crippen LogP contribution is -2.48. The third-order valence-electron chi connectivity index (χ3n) is 4.17. The quantitative estimate of drug-likeness (QED) is 0.874. The average Bonchev–Trinajstić information content (AvgIpc) is 2.55. The van der Waals surface area contributed by atoms with Crippen molar-refractivity contribution in [2.24, 2.45) is 5.73 Å². The molecule has 1 fully saturated rings. The van der Waals surface area contributed by atoms with Crippen molar-refractivity contribution in [3.63, 3.8) is 0 Å². The molecule has 0 aromatic heterocycles. The minimum absolute atomic E-state index is 0.262. The van der Waals surface area contributed by atoms with Crippen LogP contribution in [-0.4, -0.2) is 55.2 Å². The predicted octanol–water partition coefficient (Wildman–Crippen LogP) is 2.07. The van der Waals surface area contributed by atoms with Gasteiger partial charge >= 0.3 is 6.09 Å². The molecule has 5 heteroatoms. The van der Waals surface area contributed by atoms with Gasteiger partial charge in [-0.15, -0.1) is 0 Å². The summed E-state index contributed by atoms with van der Waals surface area (Å²) in [5, 5.41) is 0. The molecule has 0 radical (unpaired) electrons. The van der Waals surface area contributed by atoms with Gasteiger partial charge in [0.1, 0.15) is 6.61 Å². The summed E-state index contributed by atoms with van der Waals surface area (Å²) >= 11 is 0. The molecule has 0 bridgehead atoms. The van der Waals surface area contributed by atoms with Crippen LogP contribution in [0.5, 0.6) is 0 Å². The molecule has 0 unspecified atom stereocenters. The second-order valence-electron chi connectivity index (χ2n) is 5.89. The van der Waals surface area contributed by atoms with Crippen molar-refractivity contribution in [3.8, 4) is 0 Å². The molecule has 0 spiro atoms. The van der Waals surface area contributed by atoms with Gasteiger partial charge in [-0.1, -0.05) is 36.8 Å². The van der Waals surface area contributed by atoms with Crippen molar-refractivity contribution in [2.45, 2.75) is 31.9 Å². The number of amides is 1. The summed E-state index contributed by atoms with van der Waals surface area (Å²) in [4.78, 5) is 16.2. The van der Waals surface area contributed by atoms with Crippen LogP contribution in [0.25, 0.3) is 0 Å². The highest BCUT2D eigenvalue weighted by molar-refractivity contribution is 5.67. The van der Waals surface area contributed by atoms with E-state index in [1.54, 1.807) is 4.90 Å². The lowest BCUT2D eigenvalue weighted by molar-refractivity contribution is 0.0792. The average molecular weight is 305 g/mol. The van der Waals surface area contributed by atoms with Crippen LogP contribution in [0.1, 0.15) is 24.8 Å². The molecule has 1 aliphatic rings. The second kappa shape index (κ2) is 8.76. The number of nitrogens with two attached hydrogens (primary N) is 1. The number of carbonyl (C=O) groups is 1. The van der Waals surface area contributed by atoms with E-state index in [0.717, 1.165) is 25.1 Å². The molecular formula is C17H27N3O2. The molecule has 1 aromatic rings. The van der Waals surface area contributed by atoms with E-state index in [4.69, 9.17) is 10.5 Å². The van der Waals surface area contributed by atoms with Gasteiger partial charge in [0.2, 0.25) is 0 Å². The van der Waals surface area contributed by atoms with E-state index in [0.29, 0.717) is 25.7 Å². The van der Waals surface area contributed by atoms with Gasteiger partial charge in [-0.05, 0) is 24.9 Å². The zero-order chi connectivity index (χ0) is 15.8. The molecule has 1 aromatic carbocycles. The Bertz CT molecular complexity index is 450. The largest absolute Gasteiger partial charge is 0.445 e. The minimum Gasteiger partial charge on any atom is -0.445 e. The number of hydrogen-bond acceptors (Lipinski definition) is 4. The summed E-state index contributed by atoms with van der Waals surface area (Å²) < 4.78 is 5.37. The molecule has 122 valence electrons. The van der Waals surface area contributed by atoms with Gasteiger partial charge in [0.05, 0.1) is 0 Å². The molecule has 1 atom stereocenters. The first kappa shape index (κ1) is 16.8. The zero-order valence-corrected chi connectivity index (χ0v) is 13.4. The Kier molecular flexibility index (Phi) is 6.68. The van der Waals surface area contributed by atoms with Gasteiger partial charge in [0.15, 0.2) is 0 Å². The van der Waals surface area contributed by atoms with E-state index in [2.05, 4.69) is 4.90 Å². The maximum absolute atomic E-state index is 12.1. The highest BCUT2D eigenvalue weighted by atomic mass is 16.6. The van der Waals surface area contributed by atoms with E-state index in [1.165, 1.54) is 12.8 Å². The number of piperidine rings is 1. The van der Waals surface area contributed by atoms with Crippen LogP contribution >= 0.6 is 0 Å². The smallest absolute Gasteiger partial charge is 0.409 e. The Morgan fingerprint density at radius 2 is 2.14 bits per heavy atom. The number of benzene rings is 1. The van der Waals surface area contributed by atoms with Crippen molar-refractivity contribution < 1.29 is 9.53 Å². The Labute approximate surface area is 133 Å². The Morgan fingerprint density at radius 1 is 1.36 bits per heavy atom. The van der Waals surface area contributed by atoms with Crippen LogP contribution in [0.4, 0.5) is 4.79 Å². The van der Waals surface area contributed by atoms with E-state index in [-0.39, 0.29) is 6.09 Å². The monoisotopic (exact) mass is 305 g/mol. The Balaban J connectivity index is 1.79. The molecule has 1 amide bonds. The molecule has 2 N–H and O–H groups in total. The number of likely N-dealkylation sites (tertiary alicyclic amines) is 1. The summed E-state index contributed by atoms with van der Waals surface area (Å²) in [6, 6.07) is 10.1. The minimum atomic E-state index is -0.262. The Hall–Kier alpha value is -1.59. The molecule has 5 nitrogen and oxygen atoms in total. The molecule has 22 heavy (non-hydrogen) atoms. The van der Waals surface area contributed by atoms with Crippen LogP contribution in [-0.2, 0) is 11.3 Å². The van der Waals surface area contributed by atoms with E-state index < -0.39 is 0 Å². The van der Waals surface area contributed by atoms with Gasteiger partial charge in [-0.25, -0.2) is 4.79 Å². The fourth-order valence-corrected chi connectivity index (χ4v) is 2.95. The van der Waals surface area contributed by atoms with Crippen molar-refractivity contribution >= 4 is 6.09 Å². The fraction of sp³-hybridized carbons (Fsp3) is 0.588.